The van der Waals surface area contributed by atoms with E-state index in [1.807, 2.05) is 13.8 Å². The number of amides is 1. The van der Waals surface area contributed by atoms with Crippen LogP contribution in [-0.4, -0.2) is 43.3 Å². The summed E-state index contributed by atoms with van der Waals surface area (Å²) in [4.78, 5) is 12.8. The minimum absolute atomic E-state index is 0.00517. The Balaban J connectivity index is 2.48. The van der Waals surface area contributed by atoms with Crippen LogP contribution in [0, 0.1) is 0 Å². The minimum atomic E-state index is -3.70. The number of hydrogen-bond acceptors (Lipinski definition) is 7. The van der Waals surface area contributed by atoms with E-state index in [9.17, 15) is 24.1 Å². The van der Waals surface area contributed by atoms with Crippen molar-refractivity contribution in [3.05, 3.63) is 29.5 Å². The molecule has 1 aromatic carbocycles. The highest BCUT2D eigenvalue weighted by Crippen LogP contribution is 2.56. The molecule has 160 valence electrons. The van der Waals surface area contributed by atoms with E-state index in [-0.39, 0.29) is 33.5 Å². The maximum Gasteiger partial charge on any atom is 0.259 e. The summed E-state index contributed by atoms with van der Waals surface area (Å²) in [6.45, 7) is 4.33. The van der Waals surface area contributed by atoms with Crippen molar-refractivity contribution in [2.75, 3.05) is 11.9 Å². The third kappa shape index (κ3) is 5.49. The molecule has 9 nitrogen and oxygen atoms in total. The van der Waals surface area contributed by atoms with Crippen molar-refractivity contribution in [1.82, 2.24) is 5.32 Å². The molecule has 0 aliphatic carbocycles. The molecule has 1 aliphatic heterocycles. The van der Waals surface area contributed by atoms with Gasteiger partial charge >= 0.3 is 0 Å². The molecule has 0 unspecified atom stereocenters. The number of anilines is 1. The predicted octanol–water partition coefficient (Wildman–Crippen LogP) is 2.36. The van der Waals surface area contributed by atoms with E-state index in [2.05, 4.69) is 15.0 Å². The lowest BCUT2D eigenvalue weighted by molar-refractivity contribution is -0.120. The Bertz CT molecular complexity index is 851. The molecule has 10 heteroatoms. The smallest absolute Gasteiger partial charge is 0.259 e. The fourth-order valence-corrected chi connectivity index (χ4v) is 3.90. The summed E-state index contributed by atoms with van der Waals surface area (Å²) in [6, 6.07) is 3.97. The molecule has 0 radical (unpaired) electrons. The number of carbonyl (C=O) groups is 1. The quantitative estimate of drug-likeness (QED) is 0.106. The summed E-state index contributed by atoms with van der Waals surface area (Å²) in [5.74, 6) is -1.43. The van der Waals surface area contributed by atoms with Gasteiger partial charge in [0.1, 0.15) is 16.2 Å². The standard InChI is InChI=1S/C19H28N4O5S/c1-3-5-7-13(20)17(25)16(19(26)21-10-6-4-2)18-22-14-9-8-12(24)11-15(14)29(27,28)23-18/h8-9,11,20,24-25,27-28H,3-7,10H2,1-2H3,(H,21,26)(H,22,23)/p+1/b17-16+,20-13?. The number of aliphatic hydroxyl groups is 1. The SMILES string of the molecule is CCCCNC(=O)/C(C1=NS(O)(O)c2cc(O)ccc2N1)=C(/O)C(=[NH2+])CCCC. The number of benzene rings is 1. The summed E-state index contributed by atoms with van der Waals surface area (Å²) >= 11 is 0. The van der Waals surface area contributed by atoms with Crippen molar-refractivity contribution in [2.45, 2.75) is 50.8 Å². The third-order valence-corrected chi connectivity index (χ3v) is 5.72. The van der Waals surface area contributed by atoms with Crippen LogP contribution in [0.15, 0.2) is 38.8 Å². The average molecular weight is 426 g/mol. The molecule has 0 bridgehead atoms. The first-order valence-corrected chi connectivity index (χ1v) is 11.0. The molecule has 0 spiro atoms. The molecule has 0 saturated heterocycles. The summed E-state index contributed by atoms with van der Waals surface area (Å²) in [6.07, 6.45) is 3.56. The first-order chi connectivity index (χ1) is 13.7. The topological polar surface area (TPSA) is 160 Å². The number of phenolic OH excluding ortho intramolecular Hbond substituents is 1. The van der Waals surface area contributed by atoms with E-state index in [0.717, 1.165) is 25.7 Å². The number of carbonyl (C=O) groups excluding carboxylic acids is 1. The molecule has 1 aliphatic rings. The molecule has 8 N–H and O–H groups in total. The number of nitrogens with two attached hydrogens (primary N) is 1. The van der Waals surface area contributed by atoms with Gasteiger partial charge in [-0.2, -0.15) is 0 Å². The van der Waals surface area contributed by atoms with Crippen molar-refractivity contribution < 1.29 is 29.5 Å². The van der Waals surface area contributed by atoms with Gasteiger partial charge in [0.2, 0.25) is 5.71 Å². The lowest BCUT2D eigenvalue weighted by Crippen LogP contribution is -2.44. The number of rotatable bonds is 9. The highest BCUT2D eigenvalue weighted by atomic mass is 32.3. The third-order valence-electron chi connectivity index (χ3n) is 4.35. The van der Waals surface area contributed by atoms with E-state index >= 15 is 0 Å². The van der Waals surface area contributed by atoms with Crippen LogP contribution in [0.5, 0.6) is 5.75 Å². The van der Waals surface area contributed by atoms with Gasteiger partial charge in [-0.1, -0.05) is 37.5 Å². The van der Waals surface area contributed by atoms with Gasteiger partial charge in [-0.25, -0.2) is 0 Å². The van der Waals surface area contributed by atoms with Gasteiger partial charge in [0.25, 0.3) is 5.91 Å². The zero-order valence-electron chi connectivity index (χ0n) is 16.6. The monoisotopic (exact) mass is 425 g/mol. The molecule has 0 fully saturated rings. The number of nitrogens with zero attached hydrogens (tertiary/aromatic N) is 1. The Kier molecular flexibility index (Phi) is 7.66. The first kappa shape index (κ1) is 22.7. The number of nitrogens with one attached hydrogen (secondary N) is 2. The van der Waals surface area contributed by atoms with Crippen LogP contribution in [0.1, 0.15) is 46.0 Å². The highest BCUT2D eigenvalue weighted by Gasteiger charge is 2.33. The number of aromatic hydroxyl groups is 1. The Morgan fingerprint density at radius 1 is 1.24 bits per heavy atom. The average Bonchev–Trinajstić information content (AvgIpc) is 2.66. The van der Waals surface area contributed by atoms with Gasteiger partial charge in [0, 0.05) is 19.0 Å². The zero-order valence-corrected chi connectivity index (χ0v) is 17.4. The molecule has 29 heavy (non-hydrogen) atoms. The lowest BCUT2D eigenvalue weighted by atomic mass is 10.1. The van der Waals surface area contributed by atoms with Crippen LogP contribution in [0.25, 0.3) is 0 Å². The molecule has 1 heterocycles. The van der Waals surface area contributed by atoms with Crippen molar-refractivity contribution >= 4 is 33.9 Å². The lowest BCUT2D eigenvalue weighted by Gasteiger charge is -2.34. The van der Waals surface area contributed by atoms with Gasteiger partial charge in [0.15, 0.2) is 11.6 Å². The van der Waals surface area contributed by atoms with Crippen molar-refractivity contribution in [3.63, 3.8) is 0 Å². The molecule has 2 rings (SSSR count). The summed E-state index contributed by atoms with van der Waals surface area (Å²) in [5.41, 5.74) is 0.116. The second-order valence-electron chi connectivity index (χ2n) is 6.73. The fraction of sp³-hybridized carbons (Fsp3) is 0.421. The zero-order chi connectivity index (χ0) is 21.6. The van der Waals surface area contributed by atoms with Gasteiger partial charge in [-0.15, -0.1) is 4.40 Å². The number of allylic oxidation sites excluding steroid dienone is 1. The Morgan fingerprint density at radius 2 is 1.93 bits per heavy atom. The number of fused-ring (bicyclic) bond motifs is 1. The molecule has 1 aromatic rings. The van der Waals surface area contributed by atoms with Crippen LogP contribution >= 0.6 is 10.8 Å². The molecule has 0 aromatic heterocycles. The van der Waals surface area contributed by atoms with Crippen LogP contribution in [0.4, 0.5) is 5.69 Å². The number of phenols is 1. The van der Waals surface area contributed by atoms with Gasteiger partial charge in [-0.05, 0) is 25.0 Å². The van der Waals surface area contributed by atoms with Gasteiger partial charge < -0.3 is 20.8 Å². The van der Waals surface area contributed by atoms with Crippen molar-refractivity contribution in [1.29, 1.82) is 0 Å². The Labute approximate surface area is 171 Å². The van der Waals surface area contributed by atoms with Crippen LogP contribution in [0.3, 0.4) is 0 Å². The maximum absolute atomic E-state index is 12.8. The Morgan fingerprint density at radius 3 is 2.59 bits per heavy atom. The van der Waals surface area contributed by atoms with E-state index < -0.39 is 22.4 Å². The van der Waals surface area contributed by atoms with Crippen molar-refractivity contribution in [2.24, 2.45) is 4.40 Å². The molecular formula is C19H29N4O5S+. The number of amidine groups is 1. The van der Waals surface area contributed by atoms with Crippen molar-refractivity contribution in [3.8, 4) is 5.75 Å². The van der Waals surface area contributed by atoms with Crippen LogP contribution in [0.2, 0.25) is 0 Å². The second kappa shape index (κ2) is 9.77. The summed E-state index contributed by atoms with van der Waals surface area (Å²) in [7, 11) is -3.70. The highest BCUT2D eigenvalue weighted by molar-refractivity contribution is 8.23. The van der Waals surface area contributed by atoms with Gasteiger partial charge in [-0.3, -0.25) is 19.3 Å². The molecular weight excluding hydrogens is 396 g/mol. The predicted molar refractivity (Wildman–Crippen MR) is 114 cm³/mol. The summed E-state index contributed by atoms with van der Waals surface area (Å²) in [5, 5.41) is 31.8. The Hall–Kier alpha value is -2.56. The number of unbranched alkanes of at least 4 members (excludes halogenated alkanes) is 2. The van der Waals surface area contributed by atoms with E-state index in [1.54, 1.807) is 0 Å². The number of hydrogen-bond donors (Lipinski definition) is 7. The minimum Gasteiger partial charge on any atom is -0.508 e. The van der Waals surface area contributed by atoms with Gasteiger partial charge in [0.05, 0.1) is 5.69 Å². The molecule has 0 atom stereocenters. The maximum atomic E-state index is 12.8. The normalized spacial score (nSPS) is 16.6. The summed E-state index contributed by atoms with van der Waals surface area (Å²) < 4.78 is 24.8. The molecule has 1 amide bonds. The van der Waals surface area contributed by atoms with E-state index in [1.165, 1.54) is 18.2 Å². The van der Waals surface area contributed by atoms with Crippen LogP contribution in [-0.2, 0) is 4.79 Å². The molecule has 0 saturated carbocycles. The fourth-order valence-electron chi connectivity index (χ4n) is 2.72. The largest absolute Gasteiger partial charge is 0.508 e. The van der Waals surface area contributed by atoms with E-state index in [0.29, 0.717) is 13.0 Å². The van der Waals surface area contributed by atoms with Crippen LogP contribution < -0.4 is 16.0 Å². The second-order valence-corrected chi connectivity index (χ2v) is 8.39. The van der Waals surface area contributed by atoms with E-state index in [4.69, 9.17) is 5.41 Å². The first-order valence-electron chi connectivity index (χ1n) is 9.52. The number of aliphatic hydroxyl groups excluding tert-OH is 1.